The van der Waals surface area contributed by atoms with Gasteiger partial charge in [-0.2, -0.15) is 0 Å². The monoisotopic (exact) mass is 482 g/mol. The number of nitrogens with one attached hydrogen (secondary N) is 1. The molecule has 2 rings (SSSR count). The number of carbonyl (C=O) groups is 2. The number of hydrogen-bond acceptors (Lipinski definition) is 2. The van der Waals surface area contributed by atoms with Crippen LogP contribution >= 0.6 is 34.8 Å². The number of carbonyl (C=O) groups excluding carboxylic acids is 2. The summed E-state index contributed by atoms with van der Waals surface area (Å²) >= 11 is 18.6. The van der Waals surface area contributed by atoms with E-state index in [0.717, 1.165) is 17.5 Å². The number of aryl methyl sites for hydroxylation is 1. The Morgan fingerprint density at radius 2 is 1.68 bits per heavy atom. The second kappa shape index (κ2) is 12.3. The van der Waals surface area contributed by atoms with E-state index >= 15 is 0 Å². The summed E-state index contributed by atoms with van der Waals surface area (Å²) in [6.07, 6.45) is 2.03. The molecule has 0 aromatic heterocycles. The van der Waals surface area contributed by atoms with E-state index in [9.17, 15) is 9.59 Å². The summed E-state index contributed by atoms with van der Waals surface area (Å²) in [6, 6.07) is 12.1. The maximum atomic E-state index is 13.3. The number of hydrogen-bond donors (Lipinski definition) is 1. The molecule has 0 fully saturated rings. The van der Waals surface area contributed by atoms with Gasteiger partial charge >= 0.3 is 0 Å². The highest BCUT2D eigenvalue weighted by atomic mass is 35.5. The van der Waals surface area contributed by atoms with Crippen LogP contribution in [0.5, 0.6) is 0 Å². The van der Waals surface area contributed by atoms with Gasteiger partial charge in [-0.1, -0.05) is 72.9 Å². The van der Waals surface area contributed by atoms with Gasteiger partial charge in [0.05, 0.1) is 0 Å². The number of halogens is 3. The van der Waals surface area contributed by atoms with Crippen molar-refractivity contribution in [2.75, 3.05) is 0 Å². The topological polar surface area (TPSA) is 49.4 Å². The van der Waals surface area contributed by atoms with E-state index in [1.54, 1.807) is 29.2 Å². The van der Waals surface area contributed by atoms with Gasteiger partial charge in [0.15, 0.2) is 0 Å². The predicted molar refractivity (Wildman–Crippen MR) is 129 cm³/mol. The first-order valence-electron chi connectivity index (χ1n) is 10.5. The van der Waals surface area contributed by atoms with E-state index in [4.69, 9.17) is 34.8 Å². The fraction of sp³-hybridized carbons (Fsp3) is 0.417. The van der Waals surface area contributed by atoms with Crippen LogP contribution in [0, 0.1) is 0 Å². The van der Waals surface area contributed by atoms with Gasteiger partial charge in [0.25, 0.3) is 0 Å². The van der Waals surface area contributed by atoms with Crippen molar-refractivity contribution < 1.29 is 9.59 Å². The zero-order chi connectivity index (χ0) is 23.0. The lowest BCUT2D eigenvalue weighted by Gasteiger charge is -2.32. The van der Waals surface area contributed by atoms with Crippen LogP contribution in [-0.4, -0.2) is 28.8 Å². The smallest absolute Gasteiger partial charge is 0.243 e. The molecule has 168 valence electrons. The number of rotatable bonds is 10. The minimum atomic E-state index is -0.598. The van der Waals surface area contributed by atoms with Crippen molar-refractivity contribution in [3.63, 3.8) is 0 Å². The fourth-order valence-electron chi connectivity index (χ4n) is 3.28. The van der Waals surface area contributed by atoms with Crippen molar-refractivity contribution in [3.05, 3.63) is 68.7 Å². The van der Waals surface area contributed by atoms with E-state index in [-0.39, 0.29) is 30.8 Å². The fourth-order valence-corrected chi connectivity index (χ4v) is 3.98. The van der Waals surface area contributed by atoms with Gasteiger partial charge in [-0.25, -0.2) is 0 Å². The molecule has 0 spiro atoms. The molecule has 0 aliphatic rings. The molecule has 0 aliphatic heterocycles. The third-order valence-corrected chi connectivity index (χ3v) is 6.26. The number of amides is 2. The second-order valence-electron chi connectivity index (χ2n) is 7.59. The van der Waals surface area contributed by atoms with E-state index in [2.05, 4.69) is 5.32 Å². The Hall–Kier alpha value is -1.75. The summed E-state index contributed by atoms with van der Waals surface area (Å²) in [5.41, 5.74) is 1.64. The largest absolute Gasteiger partial charge is 0.352 e. The molecule has 31 heavy (non-hydrogen) atoms. The Bertz CT molecular complexity index is 904. The van der Waals surface area contributed by atoms with Gasteiger partial charge < -0.3 is 10.2 Å². The van der Waals surface area contributed by atoms with E-state index in [1.807, 2.05) is 39.0 Å². The highest BCUT2D eigenvalue weighted by molar-refractivity contribution is 6.35. The maximum Gasteiger partial charge on any atom is 0.243 e. The zero-order valence-electron chi connectivity index (χ0n) is 18.1. The Morgan fingerprint density at radius 3 is 2.29 bits per heavy atom. The molecular weight excluding hydrogens is 455 g/mol. The van der Waals surface area contributed by atoms with Gasteiger partial charge in [0.2, 0.25) is 11.8 Å². The molecule has 2 aromatic rings. The first kappa shape index (κ1) is 25.5. The number of benzene rings is 2. The minimum Gasteiger partial charge on any atom is -0.352 e. The van der Waals surface area contributed by atoms with Crippen molar-refractivity contribution in [3.8, 4) is 0 Å². The van der Waals surface area contributed by atoms with Gasteiger partial charge in [-0.05, 0) is 55.5 Å². The van der Waals surface area contributed by atoms with Crippen LogP contribution in [0.1, 0.15) is 51.2 Å². The third-order valence-electron chi connectivity index (χ3n) is 5.31. The van der Waals surface area contributed by atoms with Crippen molar-refractivity contribution in [1.29, 1.82) is 0 Å². The first-order valence-corrected chi connectivity index (χ1v) is 11.7. The highest BCUT2D eigenvalue weighted by Crippen LogP contribution is 2.25. The molecule has 7 heteroatoms. The SMILES string of the molecule is CC[C@H](C)NC(=O)[C@H](CC)N(Cc1ccc(Cl)cc1Cl)C(=O)CCc1ccccc1Cl. The predicted octanol–water partition coefficient (Wildman–Crippen LogP) is 6.30. The lowest BCUT2D eigenvalue weighted by Crippen LogP contribution is -2.50. The molecule has 2 amide bonds. The van der Waals surface area contributed by atoms with Crippen LogP contribution in [0.4, 0.5) is 0 Å². The van der Waals surface area contributed by atoms with Crippen molar-refractivity contribution in [1.82, 2.24) is 10.2 Å². The quantitative estimate of drug-likeness (QED) is 0.431. The molecule has 2 aromatic carbocycles. The minimum absolute atomic E-state index is 0.0285. The molecule has 0 unspecified atom stereocenters. The first-order chi connectivity index (χ1) is 14.8. The van der Waals surface area contributed by atoms with Crippen molar-refractivity contribution in [2.45, 2.75) is 65.1 Å². The lowest BCUT2D eigenvalue weighted by molar-refractivity contribution is -0.141. The molecule has 1 N–H and O–H groups in total. The second-order valence-corrected chi connectivity index (χ2v) is 8.84. The Kier molecular flexibility index (Phi) is 10.1. The van der Waals surface area contributed by atoms with Crippen LogP contribution < -0.4 is 5.32 Å². The lowest BCUT2D eigenvalue weighted by atomic mass is 10.1. The molecule has 0 bridgehead atoms. The summed E-state index contributed by atoms with van der Waals surface area (Å²) in [5, 5.41) is 4.62. The molecular formula is C24H29Cl3N2O2. The van der Waals surface area contributed by atoms with Gasteiger partial charge in [0.1, 0.15) is 6.04 Å². The molecule has 4 nitrogen and oxygen atoms in total. The molecule has 0 aliphatic carbocycles. The van der Waals surface area contributed by atoms with Gasteiger partial charge in [-0.3, -0.25) is 9.59 Å². The Balaban J connectivity index is 2.27. The average Bonchev–Trinajstić information content (AvgIpc) is 2.74. The molecule has 0 radical (unpaired) electrons. The standard InChI is InChI=1S/C24H29Cl3N2O2/c1-4-16(3)28-24(31)22(5-2)29(15-18-10-12-19(25)14-21(18)27)23(30)13-11-17-8-6-7-9-20(17)26/h6-10,12,14,16,22H,4-5,11,13,15H2,1-3H3,(H,28,31)/t16-,22-/m0/s1. The van der Waals surface area contributed by atoms with Crippen molar-refractivity contribution in [2.24, 2.45) is 0 Å². The molecule has 0 saturated heterocycles. The van der Waals surface area contributed by atoms with E-state index in [1.165, 1.54) is 0 Å². The zero-order valence-corrected chi connectivity index (χ0v) is 20.4. The van der Waals surface area contributed by atoms with Crippen molar-refractivity contribution >= 4 is 46.6 Å². The average molecular weight is 484 g/mol. The molecule has 0 heterocycles. The van der Waals surface area contributed by atoms with Gasteiger partial charge in [0, 0.05) is 34.1 Å². The summed E-state index contributed by atoms with van der Waals surface area (Å²) in [4.78, 5) is 27.9. The van der Waals surface area contributed by atoms with Crippen LogP contribution in [0.3, 0.4) is 0 Å². The van der Waals surface area contributed by atoms with Crippen LogP contribution in [-0.2, 0) is 22.6 Å². The summed E-state index contributed by atoms with van der Waals surface area (Å²) in [6.45, 7) is 6.08. The van der Waals surface area contributed by atoms with Crippen LogP contribution in [0.25, 0.3) is 0 Å². The Labute approximate surface area is 199 Å². The Morgan fingerprint density at radius 1 is 0.968 bits per heavy atom. The molecule has 0 saturated carbocycles. The van der Waals surface area contributed by atoms with E-state index < -0.39 is 6.04 Å². The third kappa shape index (κ3) is 7.41. The van der Waals surface area contributed by atoms with Gasteiger partial charge in [-0.15, -0.1) is 0 Å². The van der Waals surface area contributed by atoms with E-state index in [0.29, 0.717) is 27.9 Å². The normalized spacial score (nSPS) is 12.8. The van der Waals surface area contributed by atoms with Crippen LogP contribution in [0.2, 0.25) is 15.1 Å². The maximum absolute atomic E-state index is 13.3. The van der Waals surface area contributed by atoms with Crippen LogP contribution in [0.15, 0.2) is 42.5 Å². The summed E-state index contributed by atoms with van der Waals surface area (Å²) in [7, 11) is 0. The molecule has 2 atom stereocenters. The summed E-state index contributed by atoms with van der Waals surface area (Å²) < 4.78 is 0. The highest BCUT2D eigenvalue weighted by Gasteiger charge is 2.29. The number of nitrogens with zero attached hydrogens (tertiary/aromatic N) is 1. The summed E-state index contributed by atoms with van der Waals surface area (Å²) in [5.74, 6) is -0.287.